The molecule has 0 bridgehead atoms. The summed E-state index contributed by atoms with van der Waals surface area (Å²) in [6, 6.07) is 0. The molecular weight excluding hydrogens is 348 g/mol. The first-order chi connectivity index (χ1) is 13.4. The van der Waals surface area contributed by atoms with Crippen LogP contribution in [0.4, 0.5) is 0 Å². The number of carbonyl (C=O) groups excluding carboxylic acids is 1. The standard InChI is InChI=1S/C25H38O3/c1-23-14-15-25(27,12-5-4-6-16-26)17-18(23)7-8-19-20-9-10-22(28-3)24(20,2)13-11-21(19)23/h16,18-22,27H,4,6-11,13-15,17H2,1-3H3/t18-,19+,20+,21+,22+,23+,24+,25-/m1/s1. The van der Waals surface area contributed by atoms with Gasteiger partial charge in [-0.25, -0.2) is 0 Å². The molecule has 0 aromatic heterocycles. The molecule has 0 radical (unpaired) electrons. The van der Waals surface area contributed by atoms with Gasteiger partial charge in [0.05, 0.1) is 6.10 Å². The fraction of sp³-hybridized carbons (Fsp3) is 0.880. The average Bonchev–Trinajstić information content (AvgIpc) is 3.02. The molecule has 0 heterocycles. The van der Waals surface area contributed by atoms with Crippen molar-refractivity contribution in [2.24, 2.45) is 34.5 Å². The molecule has 0 aromatic rings. The maximum Gasteiger partial charge on any atom is 0.125 e. The summed E-state index contributed by atoms with van der Waals surface area (Å²) in [7, 11) is 1.90. The number of carbonyl (C=O) groups is 1. The molecule has 156 valence electrons. The smallest absolute Gasteiger partial charge is 0.125 e. The van der Waals surface area contributed by atoms with E-state index in [1.807, 2.05) is 7.11 Å². The summed E-state index contributed by atoms with van der Waals surface area (Å²) < 4.78 is 5.91. The Kier molecular flexibility index (Phi) is 5.43. The van der Waals surface area contributed by atoms with Gasteiger partial charge in [0.1, 0.15) is 11.9 Å². The van der Waals surface area contributed by atoms with E-state index in [1.54, 1.807) is 0 Å². The summed E-state index contributed by atoms with van der Waals surface area (Å²) in [6.45, 7) is 5.03. The zero-order chi connectivity index (χ0) is 20.0. The molecule has 0 spiro atoms. The fourth-order valence-electron chi connectivity index (χ4n) is 8.06. The van der Waals surface area contributed by atoms with E-state index in [0.29, 0.717) is 35.7 Å². The first kappa shape index (κ1) is 20.4. The van der Waals surface area contributed by atoms with Gasteiger partial charge in [-0.3, -0.25) is 0 Å². The van der Waals surface area contributed by atoms with E-state index >= 15 is 0 Å². The van der Waals surface area contributed by atoms with Crippen LogP contribution in [0, 0.1) is 46.3 Å². The number of rotatable bonds is 3. The molecule has 0 aliphatic heterocycles. The quantitative estimate of drug-likeness (QED) is 0.432. The Morgan fingerprint density at radius 2 is 1.82 bits per heavy atom. The molecule has 0 aromatic carbocycles. The van der Waals surface area contributed by atoms with E-state index in [4.69, 9.17) is 4.74 Å². The summed E-state index contributed by atoms with van der Waals surface area (Å²) in [5.74, 6) is 9.24. The number of methoxy groups -OCH3 is 1. The first-order valence-electron chi connectivity index (χ1n) is 11.6. The lowest BCUT2D eigenvalue weighted by Crippen LogP contribution is -2.56. The van der Waals surface area contributed by atoms with E-state index < -0.39 is 5.60 Å². The van der Waals surface area contributed by atoms with Crippen LogP contribution >= 0.6 is 0 Å². The van der Waals surface area contributed by atoms with E-state index in [1.165, 1.54) is 38.5 Å². The van der Waals surface area contributed by atoms with E-state index in [2.05, 4.69) is 25.7 Å². The van der Waals surface area contributed by atoms with Crippen LogP contribution in [-0.4, -0.2) is 30.2 Å². The minimum atomic E-state index is -0.836. The van der Waals surface area contributed by atoms with Gasteiger partial charge in [-0.05, 0) is 92.3 Å². The number of fused-ring (bicyclic) bond motifs is 5. The highest BCUT2D eigenvalue weighted by Crippen LogP contribution is 2.67. The predicted octanol–water partition coefficient (Wildman–Crippen LogP) is 4.76. The molecule has 0 saturated heterocycles. The van der Waals surface area contributed by atoms with E-state index in [9.17, 15) is 9.90 Å². The minimum Gasteiger partial charge on any atom is -0.381 e. The summed E-state index contributed by atoms with van der Waals surface area (Å²) in [6.07, 6.45) is 12.8. The number of ether oxygens (including phenoxy) is 1. The Morgan fingerprint density at radius 1 is 1.04 bits per heavy atom. The number of unbranched alkanes of at least 4 members (excludes halogenated alkanes) is 1. The van der Waals surface area contributed by atoms with Crippen molar-refractivity contribution in [1.29, 1.82) is 0 Å². The summed E-state index contributed by atoms with van der Waals surface area (Å²) in [4.78, 5) is 10.5. The second kappa shape index (κ2) is 7.44. The van der Waals surface area contributed by atoms with Crippen LogP contribution in [0.5, 0.6) is 0 Å². The summed E-state index contributed by atoms with van der Waals surface area (Å²) >= 11 is 0. The van der Waals surface area contributed by atoms with Crippen LogP contribution < -0.4 is 0 Å². The molecule has 0 amide bonds. The maximum atomic E-state index is 11.1. The molecule has 8 atom stereocenters. The van der Waals surface area contributed by atoms with E-state index in [-0.39, 0.29) is 0 Å². The maximum absolute atomic E-state index is 11.1. The van der Waals surface area contributed by atoms with Gasteiger partial charge >= 0.3 is 0 Å². The van der Waals surface area contributed by atoms with Gasteiger partial charge in [0.15, 0.2) is 0 Å². The predicted molar refractivity (Wildman–Crippen MR) is 111 cm³/mol. The number of aldehydes is 1. The number of aliphatic hydroxyl groups is 1. The van der Waals surface area contributed by atoms with Gasteiger partial charge in [-0.2, -0.15) is 0 Å². The van der Waals surface area contributed by atoms with Crippen LogP contribution in [0.1, 0.15) is 84.5 Å². The largest absolute Gasteiger partial charge is 0.381 e. The average molecular weight is 387 g/mol. The Bertz CT molecular complexity index is 662. The minimum absolute atomic E-state index is 0.353. The van der Waals surface area contributed by atoms with E-state index in [0.717, 1.165) is 43.3 Å². The van der Waals surface area contributed by atoms with Crippen LogP contribution in [0.3, 0.4) is 0 Å². The van der Waals surface area contributed by atoms with Crippen molar-refractivity contribution in [1.82, 2.24) is 0 Å². The Morgan fingerprint density at radius 3 is 2.57 bits per heavy atom. The Labute approximate surface area is 171 Å². The number of hydrogen-bond acceptors (Lipinski definition) is 3. The van der Waals surface area contributed by atoms with Crippen molar-refractivity contribution in [3.8, 4) is 11.8 Å². The van der Waals surface area contributed by atoms with Crippen molar-refractivity contribution in [3.63, 3.8) is 0 Å². The highest BCUT2D eigenvalue weighted by Gasteiger charge is 2.61. The Hall–Kier alpha value is -0.850. The van der Waals surface area contributed by atoms with Crippen molar-refractivity contribution in [2.45, 2.75) is 96.2 Å². The number of hydrogen-bond donors (Lipinski definition) is 1. The summed E-state index contributed by atoms with van der Waals surface area (Å²) in [5, 5.41) is 11.1. The van der Waals surface area contributed by atoms with Gasteiger partial charge in [-0.1, -0.05) is 25.7 Å². The van der Waals surface area contributed by atoms with Crippen LogP contribution in [0.25, 0.3) is 0 Å². The van der Waals surface area contributed by atoms with Gasteiger partial charge in [0.2, 0.25) is 0 Å². The zero-order valence-electron chi connectivity index (χ0n) is 18.0. The highest BCUT2D eigenvalue weighted by molar-refractivity contribution is 5.49. The normalized spacial score (nSPS) is 49.9. The lowest BCUT2D eigenvalue weighted by molar-refractivity contribution is -0.146. The SMILES string of the molecule is CO[C@H]1CC[C@H]2[C@@H]3CC[C@@H]4C[C@@](O)(C#CCCC=O)CC[C@]4(C)[C@H]3CC[C@]12C. The van der Waals surface area contributed by atoms with Gasteiger partial charge in [-0.15, -0.1) is 0 Å². The zero-order valence-corrected chi connectivity index (χ0v) is 18.0. The Balaban J connectivity index is 1.50. The van der Waals surface area contributed by atoms with Crippen molar-refractivity contribution >= 4 is 6.29 Å². The molecule has 4 saturated carbocycles. The van der Waals surface area contributed by atoms with Gasteiger partial charge in [0.25, 0.3) is 0 Å². The molecule has 4 fully saturated rings. The third-order valence-electron chi connectivity index (χ3n) is 9.63. The van der Waals surface area contributed by atoms with Gasteiger partial charge < -0.3 is 14.6 Å². The molecule has 28 heavy (non-hydrogen) atoms. The van der Waals surface area contributed by atoms with Crippen molar-refractivity contribution in [3.05, 3.63) is 0 Å². The van der Waals surface area contributed by atoms with Crippen molar-refractivity contribution in [2.75, 3.05) is 7.11 Å². The molecule has 4 aliphatic carbocycles. The van der Waals surface area contributed by atoms with Crippen LogP contribution in [0.2, 0.25) is 0 Å². The molecule has 3 nitrogen and oxygen atoms in total. The van der Waals surface area contributed by atoms with Crippen LogP contribution in [0.15, 0.2) is 0 Å². The van der Waals surface area contributed by atoms with Gasteiger partial charge in [0, 0.05) is 20.0 Å². The second-order valence-electron chi connectivity index (χ2n) is 10.7. The molecule has 1 N–H and O–H groups in total. The first-order valence-corrected chi connectivity index (χ1v) is 11.6. The molecule has 0 unspecified atom stereocenters. The fourth-order valence-corrected chi connectivity index (χ4v) is 8.06. The topological polar surface area (TPSA) is 46.5 Å². The monoisotopic (exact) mass is 386 g/mol. The molecule has 4 rings (SSSR count). The lowest BCUT2D eigenvalue weighted by Gasteiger charge is -2.61. The van der Waals surface area contributed by atoms with Crippen LogP contribution in [-0.2, 0) is 9.53 Å². The lowest BCUT2D eigenvalue weighted by atomic mass is 9.44. The molecule has 4 aliphatic rings. The third kappa shape index (κ3) is 3.16. The second-order valence-corrected chi connectivity index (χ2v) is 10.7. The summed E-state index contributed by atoms with van der Waals surface area (Å²) in [5.41, 5.74) is -0.109. The molecule has 3 heteroatoms. The third-order valence-corrected chi connectivity index (χ3v) is 9.63. The molecular formula is C25H38O3. The van der Waals surface area contributed by atoms with Crippen molar-refractivity contribution < 1.29 is 14.6 Å². The highest BCUT2D eigenvalue weighted by atomic mass is 16.5.